The van der Waals surface area contributed by atoms with Crippen LogP contribution in [0, 0.1) is 0 Å². The van der Waals surface area contributed by atoms with E-state index in [1.165, 1.54) is 60.6 Å². The summed E-state index contributed by atoms with van der Waals surface area (Å²) in [6.45, 7) is 0. The van der Waals surface area contributed by atoms with Crippen molar-refractivity contribution in [1.29, 1.82) is 0 Å². The third kappa shape index (κ3) is 4.56. The molecule has 0 aliphatic heterocycles. The largest absolute Gasteiger partial charge is 0.309 e. The lowest BCUT2D eigenvalue weighted by molar-refractivity contribution is 1.14. The van der Waals surface area contributed by atoms with Crippen LogP contribution in [0.4, 0.5) is 0 Å². The summed E-state index contributed by atoms with van der Waals surface area (Å²) in [6.07, 6.45) is 1.88. The van der Waals surface area contributed by atoms with Gasteiger partial charge in [-0.05, 0) is 100 Å². The molecule has 0 atom stereocenters. The van der Waals surface area contributed by atoms with Crippen molar-refractivity contribution in [3.05, 3.63) is 188 Å². The van der Waals surface area contributed by atoms with Gasteiger partial charge in [-0.2, -0.15) is 0 Å². The van der Waals surface area contributed by atoms with Crippen LogP contribution in [0.2, 0.25) is 0 Å². The molecule has 3 heteroatoms. The minimum atomic E-state index is 0.962. The molecule has 234 valence electrons. The highest BCUT2D eigenvalue weighted by molar-refractivity contribution is 6.12. The SMILES string of the molecule is c1ccc(-c2ccc(-n3c4ccccc4c4cc(-c5ccc6c(c5)c5cccnc5n6-c5ccc(-c6ccccc6)cc5)ccc43)cc2)cc1. The third-order valence-electron chi connectivity index (χ3n) is 10.00. The van der Waals surface area contributed by atoms with E-state index in [0.29, 0.717) is 0 Å². The first-order valence-corrected chi connectivity index (χ1v) is 17.0. The standard InChI is InChI=1S/C47H31N3/c1-3-10-32(11-4-1)34-17-23-38(24-18-34)49-44-16-8-7-14-40(44)42-30-36(21-27-45(42)49)37-22-28-46-43(31-37)41-15-9-29-48-47(41)50(46)39-25-19-35(20-26-39)33-12-5-2-6-13-33/h1-31H. The molecule has 0 saturated carbocycles. The van der Waals surface area contributed by atoms with Gasteiger partial charge in [0.15, 0.2) is 0 Å². The molecule has 0 amide bonds. The first-order valence-electron chi connectivity index (χ1n) is 17.0. The minimum Gasteiger partial charge on any atom is -0.309 e. The van der Waals surface area contributed by atoms with E-state index in [1.54, 1.807) is 0 Å². The van der Waals surface area contributed by atoms with Crippen molar-refractivity contribution in [2.45, 2.75) is 0 Å². The average molecular weight is 638 g/mol. The molecule has 0 N–H and O–H groups in total. The highest BCUT2D eigenvalue weighted by Crippen LogP contribution is 2.38. The number of nitrogens with zero attached hydrogens (tertiary/aromatic N) is 3. The van der Waals surface area contributed by atoms with Crippen LogP contribution < -0.4 is 0 Å². The number of aromatic nitrogens is 3. The van der Waals surface area contributed by atoms with Crippen LogP contribution in [0.5, 0.6) is 0 Å². The van der Waals surface area contributed by atoms with Crippen molar-refractivity contribution in [2.75, 3.05) is 0 Å². The summed E-state index contributed by atoms with van der Waals surface area (Å²) in [5.41, 5.74) is 14.0. The zero-order valence-corrected chi connectivity index (χ0v) is 27.2. The van der Waals surface area contributed by atoms with E-state index in [4.69, 9.17) is 4.98 Å². The molecule has 0 unspecified atom stereocenters. The fourth-order valence-corrected chi connectivity index (χ4v) is 7.58. The maximum atomic E-state index is 4.87. The second kappa shape index (κ2) is 11.5. The van der Waals surface area contributed by atoms with Crippen molar-refractivity contribution in [3.8, 4) is 44.8 Å². The van der Waals surface area contributed by atoms with Gasteiger partial charge in [-0.3, -0.25) is 4.57 Å². The predicted octanol–water partition coefficient (Wildman–Crippen LogP) is 12.3. The lowest BCUT2D eigenvalue weighted by Gasteiger charge is -2.10. The molecule has 3 heterocycles. The Morgan fingerprint density at radius 1 is 0.300 bits per heavy atom. The lowest BCUT2D eigenvalue weighted by atomic mass is 10.0. The van der Waals surface area contributed by atoms with Gasteiger partial charge in [0.2, 0.25) is 0 Å². The van der Waals surface area contributed by atoms with Gasteiger partial charge in [0.25, 0.3) is 0 Å². The van der Waals surface area contributed by atoms with E-state index in [1.807, 2.05) is 12.3 Å². The highest BCUT2D eigenvalue weighted by Gasteiger charge is 2.17. The number of benzene rings is 7. The van der Waals surface area contributed by atoms with E-state index in [2.05, 4.69) is 185 Å². The van der Waals surface area contributed by atoms with Gasteiger partial charge in [0.1, 0.15) is 5.65 Å². The summed E-state index contributed by atoms with van der Waals surface area (Å²) in [5.74, 6) is 0. The van der Waals surface area contributed by atoms with Gasteiger partial charge in [-0.1, -0.05) is 115 Å². The monoisotopic (exact) mass is 637 g/mol. The van der Waals surface area contributed by atoms with Crippen LogP contribution in [0.25, 0.3) is 88.5 Å². The van der Waals surface area contributed by atoms with Crippen molar-refractivity contribution >= 4 is 43.7 Å². The molecule has 0 aliphatic carbocycles. The van der Waals surface area contributed by atoms with Gasteiger partial charge in [0.05, 0.1) is 16.6 Å². The van der Waals surface area contributed by atoms with Crippen LogP contribution in [-0.4, -0.2) is 14.1 Å². The van der Waals surface area contributed by atoms with Crippen LogP contribution in [0.1, 0.15) is 0 Å². The molecule has 0 saturated heterocycles. The molecule has 3 nitrogen and oxygen atoms in total. The van der Waals surface area contributed by atoms with Gasteiger partial charge in [0, 0.05) is 39.1 Å². The van der Waals surface area contributed by atoms with Crippen LogP contribution in [-0.2, 0) is 0 Å². The lowest BCUT2D eigenvalue weighted by Crippen LogP contribution is -1.95. The molecule has 0 radical (unpaired) electrons. The number of hydrogen-bond donors (Lipinski definition) is 0. The molecule has 50 heavy (non-hydrogen) atoms. The summed E-state index contributed by atoms with van der Waals surface area (Å²) in [7, 11) is 0. The molecular weight excluding hydrogens is 607 g/mol. The van der Waals surface area contributed by atoms with E-state index in [0.717, 1.165) is 27.9 Å². The molecule has 3 aromatic heterocycles. The zero-order valence-electron chi connectivity index (χ0n) is 27.2. The number of pyridine rings is 1. The summed E-state index contributed by atoms with van der Waals surface area (Å²) in [4.78, 5) is 4.87. The van der Waals surface area contributed by atoms with E-state index < -0.39 is 0 Å². The van der Waals surface area contributed by atoms with Gasteiger partial charge < -0.3 is 4.57 Å². The Bertz CT molecular complexity index is 2630. The molecule has 0 spiro atoms. The Labute approximate surface area is 290 Å². The Morgan fingerprint density at radius 3 is 1.36 bits per heavy atom. The van der Waals surface area contributed by atoms with Gasteiger partial charge >= 0.3 is 0 Å². The Balaban J connectivity index is 1.08. The smallest absolute Gasteiger partial charge is 0.145 e. The number of para-hydroxylation sites is 1. The quantitative estimate of drug-likeness (QED) is 0.184. The summed E-state index contributed by atoms with van der Waals surface area (Å²) in [6, 6.07) is 65.4. The summed E-state index contributed by atoms with van der Waals surface area (Å²) < 4.78 is 4.66. The van der Waals surface area contributed by atoms with E-state index in [9.17, 15) is 0 Å². The third-order valence-corrected chi connectivity index (χ3v) is 10.00. The maximum absolute atomic E-state index is 4.87. The molecule has 7 aromatic carbocycles. The second-order valence-electron chi connectivity index (χ2n) is 12.9. The highest BCUT2D eigenvalue weighted by atomic mass is 15.0. The topological polar surface area (TPSA) is 22.8 Å². The van der Waals surface area contributed by atoms with E-state index in [-0.39, 0.29) is 0 Å². The number of hydrogen-bond acceptors (Lipinski definition) is 1. The Hall–Kier alpha value is -6.71. The van der Waals surface area contributed by atoms with Gasteiger partial charge in [-0.25, -0.2) is 4.98 Å². The van der Waals surface area contributed by atoms with E-state index >= 15 is 0 Å². The first kappa shape index (κ1) is 28.3. The van der Waals surface area contributed by atoms with Crippen LogP contribution >= 0.6 is 0 Å². The van der Waals surface area contributed by atoms with Crippen LogP contribution in [0.15, 0.2) is 188 Å². The normalized spacial score (nSPS) is 11.6. The van der Waals surface area contributed by atoms with Gasteiger partial charge in [-0.15, -0.1) is 0 Å². The molecule has 0 fully saturated rings. The van der Waals surface area contributed by atoms with Crippen LogP contribution in [0.3, 0.4) is 0 Å². The first-order chi connectivity index (χ1) is 24.8. The van der Waals surface area contributed by atoms with Crippen molar-refractivity contribution in [3.63, 3.8) is 0 Å². The summed E-state index contributed by atoms with van der Waals surface area (Å²) in [5, 5.41) is 4.83. The Kier molecular flexibility index (Phi) is 6.49. The fourth-order valence-electron chi connectivity index (χ4n) is 7.58. The number of fused-ring (bicyclic) bond motifs is 6. The summed E-state index contributed by atoms with van der Waals surface area (Å²) >= 11 is 0. The molecular formula is C47H31N3. The average Bonchev–Trinajstić information content (AvgIpc) is 3.71. The maximum Gasteiger partial charge on any atom is 0.145 e. The number of rotatable bonds is 5. The van der Waals surface area contributed by atoms with Crippen molar-refractivity contribution in [1.82, 2.24) is 14.1 Å². The zero-order chi connectivity index (χ0) is 33.0. The van der Waals surface area contributed by atoms with Crippen molar-refractivity contribution in [2.24, 2.45) is 0 Å². The molecule has 10 rings (SSSR count). The Morgan fingerprint density at radius 2 is 0.740 bits per heavy atom. The molecule has 10 aromatic rings. The second-order valence-corrected chi connectivity index (χ2v) is 12.9. The minimum absolute atomic E-state index is 0.962. The molecule has 0 bridgehead atoms. The fraction of sp³-hybridized carbons (Fsp3) is 0. The van der Waals surface area contributed by atoms with Crippen molar-refractivity contribution < 1.29 is 0 Å². The molecule has 0 aliphatic rings. The predicted molar refractivity (Wildman–Crippen MR) is 209 cm³/mol.